The average Bonchev–Trinajstić information content (AvgIpc) is 2.43. The molecular formula is C14H14O7. The van der Waals surface area contributed by atoms with Gasteiger partial charge in [0.15, 0.2) is 5.43 Å². The minimum Gasteiger partial charge on any atom is -0.490 e. The van der Waals surface area contributed by atoms with Crippen LogP contribution in [0.3, 0.4) is 0 Å². The molecule has 1 aromatic heterocycles. The average molecular weight is 294 g/mol. The van der Waals surface area contributed by atoms with Gasteiger partial charge in [-0.3, -0.25) is 4.79 Å². The molecule has 2 unspecified atom stereocenters. The fourth-order valence-electron chi connectivity index (χ4n) is 1.72. The largest absolute Gasteiger partial charge is 0.490 e. The fraction of sp³-hybridized carbons (Fsp3) is 0.286. The Hall–Kier alpha value is -2.38. The lowest BCUT2D eigenvalue weighted by atomic mass is 10.2. The van der Waals surface area contributed by atoms with Crippen LogP contribution in [-0.4, -0.2) is 40.1 Å². The van der Waals surface area contributed by atoms with E-state index in [1.807, 2.05) is 0 Å². The van der Waals surface area contributed by atoms with Crippen molar-refractivity contribution in [2.75, 3.05) is 6.61 Å². The number of carboxylic acids is 1. The number of aliphatic hydroxyl groups is 2. The van der Waals surface area contributed by atoms with Crippen molar-refractivity contribution in [2.24, 2.45) is 0 Å². The van der Waals surface area contributed by atoms with E-state index in [2.05, 4.69) is 0 Å². The molecule has 2 atom stereocenters. The van der Waals surface area contributed by atoms with Crippen molar-refractivity contribution in [3.05, 3.63) is 40.2 Å². The van der Waals surface area contributed by atoms with Crippen LogP contribution in [-0.2, 0) is 0 Å². The maximum absolute atomic E-state index is 12.0. The Bertz CT molecular complexity index is 717. The van der Waals surface area contributed by atoms with Crippen molar-refractivity contribution in [1.29, 1.82) is 0 Å². The van der Waals surface area contributed by atoms with Crippen LogP contribution in [0.2, 0.25) is 0 Å². The summed E-state index contributed by atoms with van der Waals surface area (Å²) in [6.07, 6.45) is -2.08. The lowest BCUT2D eigenvalue weighted by Gasteiger charge is -2.15. The van der Waals surface area contributed by atoms with Gasteiger partial charge < -0.3 is 24.5 Å². The number of aromatic carboxylic acids is 1. The van der Waals surface area contributed by atoms with Crippen molar-refractivity contribution in [3.8, 4) is 5.75 Å². The van der Waals surface area contributed by atoms with E-state index in [0.29, 0.717) is 0 Å². The summed E-state index contributed by atoms with van der Waals surface area (Å²) in [7, 11) is 0. The van der Waals surface area contributed by atoms with Crippen molar-refractivity contribution in [1.82, 2.24) is 0 Å². The number of hydrogen-bond acceptors (Lipinski definition) is 6. The third kappa shape index (κ3) is 3.21. The second kappa shape index (κ2) is 5.94. The molecule has 0 saturated heterocycles. The van der Waals surface area contributed by atoms with Gasteiger partial charge in [0, 0.05) is 6.07 Å². The Labute approximate surface area is 119 Å². The zero-order valence-corrected chi connectivity index (χ0v) is 11.1. The van der Waals surface area contributed by atoms with Gasteiger partial charge in [-0.25, -0.2) is 4.79 Å². The predicted octanol–water partition coefficient (Wildman–Crippen LogP) is 0.612. The van der Waals surface area contributed by atoms with Crippen LogP contribution in [0.4, 0.5) is 0 Å². The van der Waals surface area contributed by atoms with Crippen LogP contribution in [0.15, 0.2) is 33.5 Å². The van der Waals surface area contributed by atoms with E-state index in [1.54, 1.807) is 0 Å². The van der Waals surface area contributed by atoms with E-state index >= 15 is 0 Å². The Kier molecular flexibility index (Phi) is 4.25. The summed E-state index contributed by atoms with van der Waals surface area (Å²) >= 11 is 0. The smallest absolute Gasteiger partial charge is 0.371 e. The van der Waals surface area contributed by atoms with Crippen LogP contribution < -0.4 is 10.2 Å². The van der Waals surface area contributed by atoms with Gasteiger partial charge >= 0.3 is 5.97 Å². The molecule has 0 saturated carbocycles. The number of carboxylic acid groups (broad SMARTS) is 1. The molecule has 7 nitrogen and oxygen atoms in total. The molecule has 3 N–H and O–H groups in total. The molecule has 0 radical (unpaired) electrons. The van der Waals surface area contributed by atoms with Gasteiger partial charge in [0.2, 0.25) is 5.76 Å². The first-order chi connectivity index (χ1) is 9.90. The monoisotopic (exact) mass is 294 g/mol. The molecule has 7 heteroatoms. The molecule has 21 heavy (non-hydrogen) atoms. The maximum Gasteiger partial charge on any atom is 0.371 e. The van der Waals surface area contributed by atoms with Crippen molar-refractivity contribution < 1.29 is 29.3 Å². The topological polar surface area (TPSA) is 117 Å². The highest BCUT2D eigenvalue weighted by molar-refractivity contribution is 5.89. The summed E-state index contributed by atoms with van der Waals surface area (Å²) in [4.78, 5) is 22.8. The lowest BCUT2D eigenvalue weighted by Crippen LogP contribution is -2.29. The van der Waals surface area contributed by atoms with Crippen LogP contribution >= 0.6 is 0 Å². The molecule has 2 aromatic rings. The zero-order valence-electron chi connectivity index (χ0n) is 11.1. The first-order valence-electron chi connectivity index (χ1n) is 6.19. The third-order valence-corrected chi connectivity index (χ3v) is 2.89. The SMILES string of the molecule is CC(O)C(O)COc1cccc2oc(C(=O)O)cc(=O)c12. The fourth-order valence-corrected chi connectivity index (χ4v) is 1.72. The molecule has 0 aliphatic heterocycles. The predicted molar refractivity (Wildman–Crippen MR) is 72.6 cm³/mol. The van der Waals surface area contributed by atoms with Crippen molar-refractivity contribution in [3.63, 3.8) is 0 Å². The number of rotatable bonds is 5. The van der Waals surface area contributed by atoms with Gasteiger partial charge in [0.25, 0.3) is 0 Å². The molecule has 0 fully saturated rings. The minimum atomic E-state index is -1.34. The number of ether oxygens (including phenoxy) is 1. The number of carbonyl (C=O) groups is 1. The molecule has 1 aromatic carbocycles. The van der Waals surface area contributed by atoms with E-state index in [4.69, 9.17) is 14.3 Å². The summed E-state index contributed by atoms with van der Waals surface area (Å²) < 4.78 is 10.4. The quantitative estimate of drug-likeness (QED) is 0.739. The highest BCUT2D eigenvalue weighted by Crippen LogP contribution is 2.23. The molecular weight excluding hydrogens is 280 g/mol. The second-order valence-corrected chi connectivity index (χ2v) is 4.53. The van der Waals surface area contributed by atoms with E-state index < -0.39 is 29.4 Å². The second-order valence-electron chi connectivity index (χ2n) is 4.53. The standard InChI is InChI=1S/C14H14O7/c1-7(15)9(17)6-20-10-3-2-4-11-13(10)8(16)5-12(21-11)14(18)19/h2-5,7,9,15,17H,6H2,1H3,(H,18,19). The minimum absolute atomic E-state index is 0.0731. The molecule has 0 aliphatic rings. The zero-order chi connectivity index (χ0) is 15.6. The third-order valence-electron chi connectivity index (χ3n) is 2.89. The highest BCUT2D eigenvalue weighted by Gasteiger charge is 2.16. The number of aliphatic hydroxyl groups excluding tert-OH is 2. The van der Waals surface area contributed by atoms with Gasteiger partial charge in [0.1, 0.15) is 29.4 Å². The lowest BCUT2D eigenvalue weighted by molar-refractivity contribution is 0.00257. The van der Waals surface area contributed by atoms with E-state index in [9.17, 15) is 19.8 Å². The molecule has 112 valence electrons. The summed E-state index contributed by atoms with van der Waals surface area (Å²) in [5, 5.41) is 27.6. The van der Waals surface area contributed by atoms with Gasteiger partial charge in [0.05, 0.1) is 6.10 Å². The maximum atomic E-state index is 12.0. The summed E-state index contributed by atoms with van der Waals surface area (Å²) in [5.74, 6) is -1.66. The highest BCUT2D eigenvalue weighted by atomic mass is 16.5. The summed E-state index contributed by atoms with van der Waals surface area (Å²) in [6, 6.07) is 5.33. The Morgan fingerprint density at radius 2 is 2.10 bits per heavy atom. The molecule has 2 rings (SSSR count). The van der Waals surface area contributed by atoms with Crippen molar-refractivity contribution >= 4 is 16.9 Å². The van der Waals surface area contributed by atoms with Gasteiger partial charge in [-0.05, 0) is 19.1 Å². The first-order valence-corrected chi connectivity index (χ1v) is 6.19. The van der Waals surface area contributed by atoms with Crippen LogP contribution in [0, 0.1) is 0 Å². The number of benzene rings is 1. The Morgan fingerprint density at radius 1 is 1.38 bits per heavy atom. The number of fused-ring (bicyclic) bond motifs is 1. The van der Waals surface area contributed by atoms with E-state index in [1.165, 1.54) is 25.1 Å². The normalized spacial score (nSPS) is 13.9. The molecule has 0 amide bonds. The van der Waals surface area contributed by atoms with Crippen LogP contribution in [0.1, 0.15) is 17.5 Å². The van der Waals surface area contributed by atoms with E-state index in [-0.39, 0.29) is 23.3 Å². The van der Waals surface area contributed by atoms with Crippen LogP contribution in [0.5, 0.6) is 5.75 Å². The van der Waals surface area contributed by atoms with Crippen molar-refractivity contribution in [2.45, 2.75) is 19.1 Å². The Morgan fingerprint density at radius 3 is 2.71 bits per heavy atom. The van der Waals surface area contributed by atoms with Gasteiger partial charge in [-0.15, -0.1) is 0 Å². The number of hydrogen-bond donors (Lipinski definition) is 3. The summed E-state index contributed by atoms with van der Waals surface area (Å²) in [6.45, 7) is 1.20. The van der Waals surface area contributed by atoms with Crippen LogP contribution in [0.25, 0.3) is 11.0 Å². The molecule has 0 aliphatic carbocycles. The Balaban J connectivity index is 2.42. The molecule has 0 spiro atoms. The summed E-state index contributed by atoms with van der Waals surface area (Å²) in [5.41, 5.74) is -0.486. The molecule has 1 heterocycles. The molecule has 0 bridgehead atoms. The van der Waals surface area contributed by atoms with Gasteiger partial charge in [-0.1, -0.05) is 6.07 Å². The van der Waals surface area contributed by atoms with E-state index in [0.717, 1.165) is 6.07 Å². The first kappa shape index (κ1) is 15.0. The van der Waals surface area contributed by atoms with Gasteiger partial charge in [-0.2, -0.15) is 0 Å².